The van der Waals surface area contributed by atoms with Crippen molar-refractivity contribution in [1.29, 1.82) is 0 Å². The van der Waals surface area contributed by atoms with Crippen molar-refractivity contribution < 1.29 is 14.3 Å². The van der Waals surface area contributed by atoms with Crippen molar-refractivity contribution >= 4 is 6.21 Å². The minimum Gasteiger partial charge on any atom is -0.493 e. The summed E-state index contributed by atoms with van der Waals surface area (Å²) in [5.41, 5.74) is 2.27. The van der Waals surface area contributed by atoms with Gasteiger partial charge in [-0.1, -0.05) is 36.6 Å². The monoisotopic (exact) mass is 376 g/mol. The number of nitrogens with zero attached hydrogens (tertiary/aromatic N) is 1. The molecule has 0 spiro atoms. The molecule has 27 heavy (non-hydrogen) atoms. The second-order valence-electron chi connectivity index (χ2n) is 6.56. The van der Waals surface area contributed by atoms with E-state index in [0.717, 1.165) is 48.7 Å². The molecule has 0 aliphatic rings. The topological polar surface area (TPSA) is 52.1 Å². The van der Waals surface area contributed by atoms with Crippen LogP contribution in [-0.4, -0.2) is 39.6 Å². The van der Waals surface area contributed by atoms with Crippen molar-refractivity contribution in [2.24, 2.45) is 5.16 Å². The minimum atomic E-state index is 0.603. The molecule has 0 atom stereocenters. The summed E-state index contributed by atoms with van der Waals surface area (Å²) in [6.07, 6.45) is 11.7. The molecule has 0 saturated carbocycles. The highest BCUT2D eigenvalue weighted by Gasteiger charge is 2.07. The molecule has 5 heteroatoms. The maximum Gasteiger partial charge on any atom is 0.125 e. The first-order chi connectivity index (χ1) is 13.2. The Kier molecular flexibility index (Phi) is 12.9. The molecule has 0 aliphatic carbocycles. The normalized spacial score (nSPS) is 11.4. The van der Waals surface area contributed by atoms with E-state index in [1.165, 1.54) is 25.7 Å². The number of aryl methyl sites for hydroxylation is 2. The van der Waals surface area contributed by atoms with Crippen LogP contribution in [0.25, 0.3) is 0 Å². The van der Waals surface area contributed by atoms with Gasteiger partial charge in [0.2, 0.25) is 0 Å². The van der Waals surface area contributed by atoms with Crippen molar-refractivity contribution in [2.45, 2.75) is 52.9 Å². The average molecular weight is 377 g/mol. The van der Waals surface area contributed by atoms with Crippen LogP contribution in [0.5, 0.6) is 11.5 Å². The van der Waals surface area contributed by atoms with Gasteiger partial charge in [-0.3, -0.25) is 0 Å². The number of allylic oxidation sites excluding steroid dienone is 1. The lowest BCUT2D eigenvalue weighted by Gasteiger charge is -2.14. The molecule has 0 amide bonds. The van der Waals surface area contributed by atoms with E-state index in [-0.39, 0.29) is 0 Å². The standard InChI is InChI=1S/C22H36N2O3/c1-5-6-15-26-21-17-19(2)22(20(3)18-21)27-16-11-9-7-8-10-12-23-13-14-24-25-4/h5-6,14,17-18,23H,7-13,15-16H2,1-4H3/b6-5+,24-14?. The van der Waals surface area contributed by atoms with Crippen molar-refractivity contribution in [3.63, 3.8) is 0 Å². The molecule has 1 rings (SSSR count). The number of benzene rings is 1. The van der Waals surface area contributed by atoms with Gasteiger partial charge in [-0.15, -0.1) is 0 Å². The van der Waals surface area contributed by atoms with Crippen LogP contribution in [0, 0.1) is 13.8 Å². The van der Waals surface area contributed by atoms with Crippen molar-refractivity contribution in [2.75, 3.05) is 33.4 Å². The number of oxime groups is 1. The van der Waals surface area contributed by atoms with Gasteiger partial charge in [0.1, 0.15) is 25.2 Å². The maximum atomic E-state index is 6.02. The van der Waals surface area contributed by atoms with Gasteiger partial charge in [-0.25, -0.2) is 0 Å². The summed E-state index contributed by atoms with van der Waals surface area (Å²) >= 11 is 0. The Morgan fingerprint density at radius 1 is 1.00 bits per heavy atom. The van der Waals surface area contributed by atoms with Crippen LogP contribution < -0.4 is 14.8 Å². The summed E-state index contributed by atoms with van der Waals surface area (Å²) in [6, 6.07) is 4.10. The van der Waals surface area contributed by atoms with E-state index in [4.69, 9.17) is 9.47 Å². The third-order valence-electron chi connectivity index (χ3n) is 4.18. The van der Waals surface area contributed by atoms with Crippen LogP contribution in [0.15, 0.2) is 29.4 Å². The van der Waals surface area contributed by atoms with Crippen molar-refractivity contribution in [3.05, 3.63) is 35.4 Å². The van der Waals surface area contributed by atoms with E-state index in [9.17, 15) is 0 Å². The van der Waals surface area contributed by atoms with E-state index in [1.54, 1.807) is 13.3 Å². The summed E-state index contributed by atoms with van der Waals surface area (Å²) in [7, 11) is 1.55. The zero-order valence-corrected chi connectivity index (χ0v) is 17.4. The Bertz CT molecular complexity index is 548. The lowest BCUT2D eigenvalue weighted by atomic mass is 10.1. The number of unbranched alkanes of at least 4 members (excludes halogenated alkanes) is 4. The lowest BCUT2D eigenvalue weighted by Crippen LogP contribution is -2.17. The Balaban J connectivity index is 2.15. The third kappa shape index (κ3) is 10.7. The van der Waals surface area contributed by atoms with Gasteiger partial charge in [0.15, 0.2) is 0 Å². The molecule has 0 aliphatic heterocycles. The van der Waals surface area contributed by atoms with Gasteiger partial charge in [0.05, 0.1) is 12.8 Å². The molecule has 1 aromatic rings. The van der Waals surface area contributed by atoms with E-state index in [0.29, 0.717) is 6.61 Å². The number of nitrogens with one attached hydrogen (secondary N) is 1. The van der Waals surface area contributed by atoms with Gasteiger partial charge in [-0.2, -0.15) is 0 Å². The fraction of sp³-hybridized carbons (Fsp3) is 0.591. The summed E-state index contributed by atoms with van der Waals surface area (Å²) in [5.74, 6) is 1.90. The second kappa shape index (κ2) is 15.1. The molecule has 1 aromatic carbocycles. The van der Waals surface area contributed by atoms with E-state index < -0.39 is 0 Å². The van der Waals surface area contributed by atoms with E-state index in [1.807, 2.05) is 19.1 Å². The number of hydrogen-bond acceptors (Lipinski definition) is 5. The van der Waals surface area contributed by atoms with Crippen LogP contribution in [0.1, 0.15) is 50.2 Å². The SMILES string of the molecule is C/C=C/COc1cc(C)c(OCCCCCCCNCC=NOC)c(C)c1. The number of ether oxygens (including phenoxy) is 2. The molecule has 0 bridgehead atoms. The first-order valence-electron chi connectivity index (χ1n) is 9.92. The zero-order chi connectivity index (χ0) is 19.7. The zero-order valence-electron chi connectivity index (χ0n) is 17.4. The fourth-order valence-corrected chi connectivity index (χ4v) is 2.80. The van der Waals surface area contributed by atoms with Crippen LogP contribution in [0.3, 0.4) is 0 Å². The predicted molar refractivity (Wildman–Crippen MR) is 113 cm³/mol. The summed E-state index contributed by atoms with van der Waals surface area (Å²) in [4.78, 5) is 4.61. The Hall–Kier alpha value is -2.01. The molecular weight excluding hydrogens is 340 g/mol. The Morgan fingerprint density at radius 3 is 2.41 bits per heavy atom. The lowest BCUT2D eigenvalue weighted by molar-refractivity contribution is 0.214. The molecule has 0 heterocycles. The number of rotatable bonds is 15. The summed E-state index contributed by atoms with van der Waals surface area (Å²) in [5, 5.41) is 7.00. The van der Waals surface area contributed by atoms with Gasteiger partial charge < -0.3 is 19.6 Å². The number of hydrogen-bond donors (Lipinski definition) is 1. The van der Waals surface area contributed by atoms with Gasteiger partial charge in [0.25, 0.3) is 0 Å². The fourth-order valence-electron chi connectivity index (χ4n) is 2.80. The first kappa shape index (κ1) is 23.0. The van der Waals surface area contributed by atoms with Crippen LogP contribution in [-0.2, 0) is 4.84 Å². The molecule has 0 aromatic heterocycles. The maximum absolute atomic E-state index is 6.02. The van der Waals surface area contributed by atoms with E-state index in [2.05, 4.69) is 41.3 Å². The molecule has 1 N–H and O–H groups in total. The quantitative estimate of drug-likeness (QED) is 0.207. The van der Waals surface area contributed by atoms with Crippen LogP contribution in [0.2, 0.25) is 0 Å². The van der Waals surface area contributed by atoms with Crippen molar-refractivity contribution in [3.8, 4) is 11.5 Å². The highest BCUT2D eigenvalue weighted by molar-refractivity contribution is 5.58. The van der Waals surface area contributed by atoms with Gasteiger partial charge >= 0.3 is 0 Å². The van der Waals surface area contributed by atoms with Gasteiger partial charge in [0, 0.05) is 6.54 Å². The van der Waals surface area contributed by atoms with Crippen LogP contribution in [0.4, 0.5) is 0 Å². The molecule has 0 radical (unpaired) electrons. The highest BCUT2D eigenvalue weighted by atomic mass is 16.6. The summed E-state index contributed by atoms with van der Waals surface area (Å²) < 4.78 is 11.7. The molecule has 0 unspecified atom stereocenters. The smallest absolute Gasteiger partial charge is 0.125 e. The van der Waals surface area contributed by atoms with Crippen molar-refractivity contribution in [1.82, 2.24) is 5.32 Å². The molecule has 0 saturated heterocycles. The van der Waals surface area contributed by atoms with Crippen LogP contribution >= 0.6 is 0 Å². The second-order valence-corrected chi connectivity index (χ2v) is 6.56. The predicted octanol–water partition coefficient (Wildman–Crippen LogP) is 4.81. The molecule has 152 valence electrons. The molecular formula is C22H36N2O3. The van der Waals surface area contributed by atoms with E-state index >= 15 is 0 Å². The highest BCUT2D eigenvalue weighted by Crippen LogP contribution is 2.28. The average Bonchev–Trinajstić information content (AvgIpc) is 2.64. The minimum absolute atomic E-state index is 0.603. The Labute approximate surface area is 164 Å². The molecule has 5 nitrogen and oxygen atoms in total. The largest absolute Gasteiger partial charge is 0.493 e. The first-order valence-corrected chi connectivity index (χ1v) is 9.92. The third-order valence-corrected chi connectivity index (χ3v) is 4.18. The Morgan fingerprint density at radius 2 is 1.70 bits per heavy atom. The summed E-state index contributed by atoms with van der Waals surface area (Å²) in [6.45, 7) is 9.31. The van der Waals surface area contributed by atoms with Gasteiger partial charge in [-0.05, 0) is 63.4 Å². The molecule has 0 fully saturated rings.